The topological polar surface area (TPSA) is 51.7 Å². The van der Waals surface area contributed by atoms with Crippen molar-refractivity contribution in [1.29, 1.82) is 0 Å². The van der Waals surface area contributed by atoms with Crippen LogP contribution in [0.1, 0.15) is 32.3 Å². The number of pyridine rings is 1. The number of likely N-dealkylation sites (N-methyl/N-ethyl adjacent to an activating group) is 1. The number of fused-ring (bicyclic) bond motifs is 2. The number of piperidine rings is 1. The number of piperazine rings is 1. The van der Waals surface area contributed by atoms with Crippen LogP contribution < -0.4 is 5.32 Å². The molecule has 6 nitrogen and oxygen atoms in total. The van der Waals surface area contributed by atoms with Gasteiger partial charge in [0.1, 0.15) is 12.5 Å². The molecular formula is C34H40FN5O. The van der Waals surface area contributed by atoms with Crippen LogP contribution in [-0.4, -0.2) is 85.1 Å². The highest BCUT2D eigenvalue weighted by Gasteiger charge is 2.31. The Balaban J connectivity index is 1.20. The fourth-order valence-corrected chi connectivity index (χ4v) is 6.59. The molecule has 1 unspecified atom stereocenters. The molecule has 2 aromatic rings. The number of carbonyl (C=O) groups excluding carboxylic acids is 1. The van der Waals surface area contributed by atoms with Gasteiger partial charge in [0.15, 0.2) is 0 Å². The number of anilines is 1. The molecule has 6 rings (SSSR count). The van der Waals surface area contributed by atoms with Crippen molar-refractivity contribution in [3.05, 3.63) is 88.3 Å². The Morgan fingerprint density at radius 1 is 1.07 bits per heavy atom. The maximum atomic E-state index is 13.3. The fraction of sp³-hybridized carbons (Fsp3) is 0.412. The Hall–Kier alpha value is -3.55. The Morgan fingerprint density at radius 3 is 2.71 bits per heavy atom. The van der Waals surface area contributed by atoms with E-state index in [2.05, 4.69) is 76.2 Å². The van der Waals surface area contributed by atoms with Crippen LogP contribution in [0.5, 0.6) is 0 Å². The smallest absolute Gasteiger partial charge is 0.256 e. The van der Waals surface area contributed by atoms with E-state index in [9.17, 15) is 9.18 Å². The van der Waals surface area contributed by atoms with Crippen molar-refractivity contribution in [3.63, 3.8) is 0 Å². The number of benzene rings is 1. The molecule has 214 valence electrons. The van der Waals surface area contributed by atoms with E-state index in [0.717, 1.165) is 68.4 Å². The fourth-order valence-electron chi connectivity index (χ4n) is 6.59. The Labute approximate surface area is 242 Å². The van der Waals surface area contributed by atoms with Gasteiger partial charge in [-0.25, -0.2) is 9.37 Å². The summed E-state index contributed by atoms with van der Waals surface area (Å²) in [7, 11) is 2.16. The summed E-state index contributed by atoms with van der Waals surface area (Å²) >= 11 is 0. The second kappa shape index (κ2) is 11.7. The number of hydrogen-bond acceptors (Lipinski definition) is 5. The third kappa shape index (κ3) is 5.79. The minimum absolute atomic E-state index is 0.144. The van der Waals surface area contributed by atoms with Crippen LogP contribution in [0.15, 0.2) is 82.8 Å². The highest BCUT2D eigenvalue weighted by Crippen LogP contribution is 2.42. The molecule has 3 heterocycles. The molecule has 41 heavy (non-hydrogen) atoms. The van der Waals surface area contributed by atoms with Gasteiger partial charge in [-0.3, -0.25) is 9.69 Å². The van der Waals surface area contributed by atoms with Gasteiger partial charge < -0.3 is 15.1 Å². The maximum Gasteiger partial charge on any atom is 0.256 e. The van der Waals surface area contributed by atoms with E-state index < -0.39 is 0 Å². The van der Waals surface area contributed by atoms with E-state index in [1.165, 1.54) is 28.0 Å². The van der Waals surface area contributed by atoms with E-state index in [1.54, 1.807) is 0 Å². The number of aromatic nitrogens is 1. The van der Waals surface area contributed by atoms with E-state index >= 15 is 0 Å². The number of carbonyl (C=O) groups is 1. The van der Waals surface area contributed by atoms with Gasteiger partial charge in [0.2, 0.25) is 0 Å². The number of nitrogens with one attached hydrogen (secondary N) is 1. The molecule has 4 aliphatic rings. The Bertz CT molecular complexity index is 1510. The Kier molecular flexibility index (Phi) is 7.91. The summed E-state index contributed by atoms with van der Waals surface area (Å²) in [5.74, 6) is 0.858. The van der Waals surface area contributed by atoms with Crippen molar-refractivity contribution in [2.24, 2.45) is 5.92 Å². The molecule has 0 radical (unpaired) electrons. The Morgan fingerprint density at radius 2 is 1.90 bits per heavy atom. The summed E-state index contributed by atoms with van der Waals surface area (Å²) in [5, 5.41) is 5.10. The summed E-state index contributed by atoms with van der Waals surface area (Å²) < 4.78 is 13.1. The van der Waals surface area contributed by atoms with Gasteiger partial charge in [-0.15, -0.1) is 0 Å². The molecule has 1 N–H and O–H groups in total. The first-order chi connectivity index (χ1) is 19.9. The van der Waals surface area contributed by atoms with Crippen molar-refractivity contribution < 1.29 is 9.18 Å². The average molecular weight is 554 g/mol. The van der Waals surface area contributed by atoms with Gasteiger partial charge in [-0.05, 0) is 92.2 Å². The number of likely N-dealkylation sites (tertiary alicyclic amines) is 1. The number of amides is 1. The highest BCUT2D eigenvalue weighted by molar-refractivity contribution is 6.06. The van der Waals surface area contributed by atoms with Gasteiger partial charge in [0.25, 0.3) is 5.91 Å². The molecule has 2 fully saturated rings. The second-order valence-corrected chi connectivity index (χ2v) is 11.9. The zero-order valence-electron chi connectivity index (χ0n) is 24.4. The van der Waals surface area contributed by atoms with Crippen LogP contribution in [0, 0.1) is 5.92 Å². The van der Waals surface area contributed by atoms with Crippen LogP contribution >= 0.6 is 0 Å². The van der Waals surface area contributed by atoms with Crippen molar-refractivity contribution in [2.75, 3.05) is 64.9 Å². The molecule has 0 saturated carbocycles. The van der Waals surface area contributed by atoms with E-state index in [-0.39, 0.29) is 12.6 Å². The predicted octanol–water partition coefficient (Wildman–Crippen LogP) is 5.59. The first-order valence-electron chi connectivity index (χ1n) is 14.8. The van der Waals surface area contributed by atoms with E-state index in [4.69, 9.17) is 0 Å². The van der Waals surface area contributed by atoms with Crippen molar-refractivity contribution in [3.8, 4) is 0 Å². The predicted molar refractivity (Wildman–Crippen MR) is 165 cm³/mol. The summed E-state index contributed by atoms with van der Waals surface area (Å²) in [6, 6.07) is 8.40. The lowest BCUT2D eigenvalue weighted by Crippen LogP contribution is -2.43. The van der Waals surface area contributed by atoms with Gasteiger partial charge >= 0.3 is 0 Å². The van der Waals surface area contributed by atoms with Gasteiger partial charge in [0.05, 0.1) is 0 Å². The van der Waals surface area contributed by atoms with E-state index in [0.29, 0.717) is 23.9 Å². The molecule has 1 aromatic carbocycles. The lowest BCUT2D eigenvalue weighted by Gasteiger charge is -2.35. The SMILES string of the molecule is CC1=CC(c2ccc3cnc(NC(=O)C4=CCC(C)=C(N5CCN(C)CC5)C=C4)cc3c2)=C2CN(CCF)CCC12. The molecular weight excluding hydrogens is 513 g/mol. The number of hydrogen-bond donors (Lipinski definition) is 1. The quantitative estimate of drug-likeness (QED) is 0.506. The minimum atomic E-state index is -0.308. The van der Waals surface area contributed by atoms with Crippen LogP contribution in [0.3, 0.4) is 0 Å². The lowest BCUT2D eigenvalue weighted by molar-refractivity contribution is -0.112. The van der Waals surface area contributed by atoms with Crippen molar-refractivity contribution in [2.45, 2.75) is 26.7 Å². The standard InChI is InChI=1S/C34H40FN5O/c1-23-4-5-25(8-9-32(23)40-16-14-38(3)15-17-40)34(41)37-33-20-28-19-26(6-7-27(28)21-36-33)30-18-24(2)29-10-12-39(13-11-35)22-31(29)30/h5-9,18-21,29H,4,10-17,22H2,1-3H3,(H,36,37,41). The van der Waals surface area contributed by atoms with Gasteiger partial charge in [0, 0.05) is 68.0 Å². The zero-order valence-corrected chi connectivity index (χ0v) is 24.4. The second-order valence-electron chi connectivity index (χ2n) is 11.9. The highest BCUT2D eigenvalue weighted by atomic mass is 19.1. The van der Waals surface area contributed by atoms with Crippen LogP contribution in [0.4, 0.5) is 10.2 Å². The van der Waals surface area contributed by atoms with Crippen molar-refractivity contribution in [1.82, 2.24) is 19.7 Å². The number of nitrogens with zero attached hydrogens (tertiary/aromatic N) is 4. The van der Waals surface area contributed by atoms with Gasteiger partial charge in [-0.2, -0.15) is 0 Å². The number of rotatable bonds is 6. The normalized spacial score (nSPS) is 22.1. The summed E-state index contributed by atoms with van der Waals surface area (Å²) in [6.07, 6.45) is 12.0. The number of halogens is 1. The van der Waals surface area contributed by atoms with E-state index in [1.807, 2.05) is 24.4 Å². The minimum Gasteiger partial charge on any atom is -0.369 e. The maximum absolute atomic E-state index is 13.3. The summed E-state index contributed by atoms with van der Waals surface area (Å²) in [6.45, 7) is 10.4. The third-order valence-corrected chi connectivity index (χ3v) is 9.08. The van der Waals surface area contributed by atoms with Crippen molar-refractivity contribution >= 4 is 28.1 Å². The molecule has 2 saturated heterocycles. The molecule has 1 atom stereocenters. The average Bonchev–Trinajstić information content (AvgIpc) is 3.17. The monoisotopic (exact) mass is 553 g/mol. The van der Waals surface area contributed by atoms with Crippen LogP contribution in [0.25, 0.3) is 16.3 Å². The van der Waals surface area contributed by atoms with Gasteiger partial charge in [-0.1, -0.05) is 29.9 Å². The molecule has 0 spiro atoms. The molecule has 7 heteroatoms. The van der Waals surface area contributed by atoms with Crippen LogP contribution in [0.2, 0.25) is 0 Å². The molecule has 2 aliphatic carbocycles. The summed E-state index contributed by atoms with van der Waals surface area (Å²) in [4.78, 5) is 24.8. The summed E-state index contributed by atoms with van der Waals surface area (Å²) in [5.41, 5.74) is 8.38. The molecule has 1 amide bonds. The molecule has 2 aliphatic heterocycles. The largest absolute Gasteiger partial charge is 0.369 e. The molecule has 1 aromatic heterocycles. The first kappa shape index (κ1) is 27.6. The number of allylic oxidation sites excluding steroid dienone is 6. The first-order valence-corrected chi connectivity index (χ1v) is 14.8. The molecule has 0 bridgehead atoms. The zero-order chi connectivity index (χ0) is 28.5. The van der Waals surface area contributed by atoms with Crippen LogP contribution in [-0.2, 0) is 4.79 Å². The third-order valence-electron chi connectivity index (χ3n) is 9.08. The lowest BCUT2D eigenvalue weighted by atomic mass is 9.87. The number of alkyl halides is 1.